The Morgan fingerprint density at radius 1 is 0.706 bits per heavy atom. The van der Waals surface area contributed by atoms with Crippen LogP contribution in [-0.2, 0) is 0 Å². The summed E-state index contributed by atoms with van der Waals surface area (Å²) in [5.41, 5.74) is 0. The third-order valence-corrected chi connectivity index (χ3v) is 5.19. The summed E-state index contributed by atoms with van der Waals surface area (Å²) in [5.74, 6) is 4.64. The normalized spacial score (nSPS) is 44.1. The standard InChI is InChI=1S/C17H30/c1-13-4-7-16(8-5-13)9-11-17-10-6-14(2)12-15(17)3/h9,11,13-17H,4-8,10,12H2,1-3H3. The molecule has 0 aliphatic heterocycles. The van der Waals surface area contributed by atoms with Gasteiger partial charge in [-0.15, -0.1) is 0 Å². The van der Waals surface area contributed by atoms with E-state index in [9.17, 15) is 0 Å². The van der Waals surface area contributed by atoms with Crippen molar-refractivity contribution >= 4 is 0 Å². The van der Waals surface area contributed by atoms with Crippen LogP contribution >= 0.6 is 0 Å². The van der Waals surface area contributed by atoms with Crippen molar-refractivity contribution in [2.24, 2.45) is 29.6 Å². The molecular formula is C17H30. The van der Waals surface area contributed by atoms with Crippen molar-refractivity contribution < 1.29 is 0 Å². The summed E-state index contributed by atoms with van der Waals surface area (Å²) in [4.78, 5) is 0. The Kier molecular flexibility index (Phi) is 4.70. The molecule has 98 valence electrons. The average Bonchev–Trinajstić information content (AvgIpc) is 2.30. The summed E-state index contributed by atoms with van der Waals surface area (Å²) >= 11 is 0. The van der Waals surface area contributed by atoms with Gasteiger partial charge in [0.1, 0.15) is 0 Å². The van der Waals surface area contributed by atoms with Gasteiger partial charge >= 0.3 is 0 Å². The maximum Gasteiger partial charge on any atom is -0.0207 e. The molecule has 0 aromatic carbocycles. The van der Waals surface area contributed by atoms with E-state index in [1.54, 1.807) is 0 Å². The third-order valence-electron chi connectivity index (χ3n) is 5.19. The first-order valence-electron chi connectivity index (χ1n) is 7.83. The van der Waals surface area contributed by atoms with Gasteiger partial charge in [-0.2, -0.15) is 0 Å². The highest BCUT2D eigenvalue weighted by Crippen LogP contribution is 2.35. The summed E-state index contributed by atoms with van der Waals surface area (Å²) in [5, 5.41) is 0. The van der Waals surface area contributed by atoms with E-state index < -0.39 is 0 Å². The van der Waals surface area contributed by atoms with E-state index >= 15 is 0 Å². The van der Waals surface area contributed by atoms with E-state index in [1.165, 1.54) is 44.9 Å². The van der Waals surface area contributed by atoms with Gasteiger partial charge in [0, 0.05) is 0 Å². The first-order valence-corrected chi connectivity index (χ1v) is 7.83. The fourth-order valence-corrected chi connectivity index (χ4v) is 3.75. The summed E-state index contributed by atoms with van der Waals surface area (Å²) < 4.78 is 0. The van der Waals surface area contributed by atoms with Gasteiger partial charge in [0.2, 0.25) is 0 Å². The average molecular weight is 234 g/mol. The maximum atomic E-state index is 2.58. The Morgan fingerprint density at radius 2 is 1.35 bits per heavy atom. The van der Waals surface area contributed by atoms with Crippen LogP contribution in [0.15, 0.2) is 12.2 Å². The van der Waals surface area contributed by atoms with Crippen LogP contribution in [0, 0.1) is 29.6 Å². The van der Waals surface area contributed by atoms with Crippen molar-refractivity contribution in [3.63, 3.8) is 0 Å². The van der Waals surface area contributed by atoms with Gasteiger partial charge in [-0.3, -0.25) is 0 Å². The third kappa shape index (κ3) is 3.86. The van der Waals surface area contributed by atoms with Gasteiger partial charge in [0.15, 0.2) is 0 Å². The monoisotopic (exact) mass is 234 g/mol. The molecule has 0 spiro atoms. The van der Waals surface area contributed by atoms with Gasteiger partial charge in [0.25, 0.3) is 0 Å². The molecule has 0 bridgehead atoms. The lowest BCUT2D eigenvalue weighted by Gasteiger charge is -2.31. The van der Waals surface area contributed by atoms with E-state index in [0.717, 1.165) is 29.6 Å². The van der Waals surface area contributed by atoms with Crippen molar-refractivity contribution in [2.45, 2.75) is 65.7 Å². The van der Waals surface area contributed by atoms with E-state index in [4.69, 9.17) is 0 Å². The molecule has 0 N–H and O–H groups in total. The van der Waals surface area contributed by atoms with Crippen molar-refractivity contribution in [3.05, 3.63) is 12.2 Å². The molecule has 0 nitrogen and oxygen atoms in total. The first-order chi connectivity index (χ1) is 8.15. The van der Waals surface area contributed by atoms with E-state index in [-0.39, 0.29) is 0 Å². The molecule has 0 aromatic heterocycles. The lowest BCUT2D eigenvalue weighted by Crippen LogP contribution is -2.20. The Bertz CT molecular complexity index is 245. The molecule has 0 heteroatoms. The molecule has 0 aromatic rings. The van der Waals surface area contributed by atoms with Crippen LogP contribution < -0.4 is 0 Å². The molecule has 2 fully saturated rings. The van der Waals surface area contributed by atoms with Crippen LogP contribution in [0.4, 0.5) is 0 Å². The Balaban J connectivity index is 1.79. The molecule has 0 heterocycles. The molecule has 3 unspecified atom stereocenters. The van der Waals surface area contributed by atoms with Gasteiger partial charge in [0.05, 0.1) is 0 Å². The lowest BCUT2D eigenvalue weighted by molar-refractivity contribution is 0.241. The maximum absolute atomic E-state index is 2.58. The minimum Gasteiger partial charge on any atom is -0.0851 e. The SMILES string of the molecule is CC1CCC(C=CC2CCC(C)CC2C)CC1. The van der Waals surface area contributed by atoms with Crippen LogP contribution in [-0.4, -0.2) is 0 Å². The molecule has 0 saturated heterocycles. The number of hydrogen-bond acceptors (Lipinski definition) is 0. The highest BCUT2D eigenvalue weighted by molar-refractivity contribution is 4.97. The first kappa shape index (κ1) is 13.2. The fourth-order valence-electron chi connectivity index (χ4n) is 3.75. The van der Waals surface area contributed by atoms with Crippen LogP contribution in [0.25, 0.3) is 0 Å². The van der Waals surface area contributed by atoms with E-state index in [1.807, 2.05) is 0 Å². The smallest absolute Gasteiger partial charge is 0.0207 e. The molecule has 0 amide bonds. The molecule has 2 aliphatic rings. The van der Waals surface area contributed by atoms with Crippen LogP contribution in [0.3, 0.4) is 0 Å². The Morgan fingerprint density at radius 3 is 2.00 bits per heavy atom. The molecule has 2 aliphatic carbocycles. The van der Waals surface area contributed by atoms with E-state index in [2.05, 4.69) is 32.9 Å². The molecular weight excluding hydrogens is 204 g/mol. The quantitative estimate of drug-likeness (QED) is 0.558. The second-order valence-electron chi connectivity index (χ2n) is 6.96. The van der Waals surface area contributed by atoms with Gasteiger partial charge < -0.3 is 0 Å². The highest BCUT2D eigenvalue weighted by Gasteiger charge is 2.23. The zero-order valence-electron chi connectivity index (χ0n) is 12.0. The molecule has 3 atom stereocenters. The second-order valence-corrected chi connectivity index (χ2v) is 6.96. The van der Waals surface area contributed by atoms with Crippen molar-refractivity contribution in [3.8, 4) is 0 Å². The fraction of sp³-hybridized carbons (Fsp3) is 0.882. The number of allylic oxidation sites excluding steroid dienone is 2. The van der Waals surface area contributed by atoms with Crippen LogP contribution in [0.2, 0.25) is 0 Å². The van der Waals surface area contributed by atoms with Crippen molar-refractivity contribution in [2.75, 3.05) is 0 Å². The second kappa shape index (κ2) is 6.07. The van der Waals surface area contributed by atoms with Gasteiger partial charge in [-0.1, -0.05) is 52.2 Å². The zero-order valence-corrected chi connectivity index (χ0v) is 12.0. The Hall–Kier alpha value is -0.260. The van der Waals surface area contributed by atoms with Crippen LogP contribution in [0.1, 0.15) is 65.7 Å². The summed E-state index contributed by atoms with van der Waals surface area (Å²) in [7, 11) is 0. The Labute approximate surface area is 108 Å². The van der Waals surface area contributed by atoms with Crippen LogP contribution in [0.5, 0.6) is 0 Å². The molecule has 0 radical (unpaired) electrons. The molecule has 17 heavy (non-hydrogen) atoms. The number of rotatable bonds is 2. The van der Waals surface area contributed by atoms with Gasteiger partial charge in [-0.25, -0.2) is 0 Å². The topological polar surface area (TPSA) is 0 Å². The minimum absolute atomic E-state index is 0.880. The zero-order chi connectivity index (χ0) is 12.3. The molecule has 2 rings (SSSR count). The van der Waals surface area contributed by atoms with Crippen molar-refractivity contribution in [1.82, 2.24) is 0 Å². The lowest BCUT2D eigenvalue weighted by atomic mass is 9.74. The molecule has 2 saturated carbocycles. The predicted octanol–water partition coefficient (Wildman–Crippen LogP) is 5.44. The predicted molar refractivity (Wildman–Crippen MR) is 75.9 cm³/mol. The van der Waals surface area contributed by atoms with Gasteiger partial charge in [-0.05, 0) is 55.3 Å². The largest absolute Gasteiger partial charge is 0.0851 e. The summed E-state index contributed by atoms with van der Waals surface area (Å²) in [6.07, 6.45) is 15.3. The van der Waals surface area contributed by atoms with E-state index in [0.29, 0.717) is 0 Å². The highest BCUT2D eigenvalue weighted by atomic mass is 14.3. The van der Waals surface area contributed by atoms with Crippen molar-refractivity contribution in [1.29, 1.82) is 0 Å². The summed E-state index contributed by atoms with van der Waals surface area (Å²) in [6.45, 7) is 7.27. The number of hydrogen-bond donors (Lipinski definition) is 0. The summed E-state index contributed by atoms with van der Waals surface area (Å²) in [6, 6.07) is 0. The minimum atomic E-state index is 0.880.